The molecule has 0 saturated carbocycles. The number of hydrogen-bond donors (Lipinski definition) is 1. The molecule has 13 heavy (non-hydrogen) atoms. The highest BCUT2D eigenvalue weighted by Crippen LogP contribution is 2.08. The number of nitrogens with zero attached hydrogens (tertiary/aromatic N) is 7. The highest BCUT2D eigenvalue weighted by Gasteiger charge is 2.26. The molecule has 66 valence electrons. The van der Waals surface area contributed by atoms with Gasteiger partial charge >= 0.3 is 7.40 Å². The first-order valence-corrected chi connectivity index (χ1v) is 3.09. The maximum atomic E-state index is 12.2. The van der Waals surface area contributed by atoms with Gasteiger partial charge in [0.15, 0.2) is 0 Å². The van der Waals surface area contributed by atoms with Crippen molar-refractivity contribution in [3.8, 4) is 11.6 Å². The Morgan fingerprint density at radius 3 is 2.77 bits per heavy atom. The summed E-state index contributed by atoms with van der Waals surface area (Å²) in [4.78, 5) is 0. The fourth-order valence-corrected chi connectivity index (χ4v) is 0.729. The maximum Gasteiger partial charge on any atom is 0.698 e. The number of halogens is 2. The Hall–Kier alpha value is -1.94. The standard InChI is InChI=1S/C2HBF2N8/c4-3(5)13-2(8-11-12-13)1-6-9-10-7-1/h(H,6,7,9,10). The van der Waals surface area contributed by atoms with Crippen molar-refractivity contribution < 1.29 is 8.63 Å². The number of H-pyrrole nitrogens is 1. The summed E-state index contributed by atoms with van der Waals surface area (Å²) in [5.41, 5.74) is 0. The molecular formula is C2HBF2N8. The number of hydrogen-bond acceptors (Lipinski definition) is 6. The van der Waals surface area contributed by atoms with Crippen molar-refractivity contribution in [2.24, 2.45) is 0 Å². The molecule has 11 heteroatoms. The Kier molecular flexibility index (Phi) is 1.68. The lowest BCUT2D eigenvalue weighted by molar-refractivity contribution is 0.599. The molecule has 0 amide bonds. The molecule has 0 saturated heterocycles. The lowest BCUT2D eigenvalue weighted by Crippen LogP contribution is -2.16. The van der Waals surface area contributed by atoms with Crippen molar-refractivity contribution in [1.82, 2.24) is 40.7 Å². The third kappa shape index (κ3) is 1.23. The van der Waals surface area contributed by atoms with Crippen LogP contribution in [-0.2, 0) is 0 Å². The van der Waals surface area contributed by atoms with E-state index in [4.69, 9.17) is 0 Å². The summed E-state index contributed by atoms with van der Waals surface area (Å²) in [5, 5.41) is 21.6. The zero-order valence-electron chi connectivity index (χ0n) is 5.96. The minimum atomic E-state index is -2.83. The molecule has 0 aromatic carbocycles. The zero-order valence-corrected chi connectivity index (χ0v) is 5.96. The van der Waals surface area contributed by atoms with Gasteiger partial charge < -0.3 is 0 Å². The fraction of sp³-hybridized carbons (Fsp3) is 0. The van der Waals surface area contributed by atoms with Gasteiger partial charge in [0, 0.05) is 0 Å². The fourth-order valence-electron chi connectivity index (χ4n) is 0.729. The summed E-state index contributed by atoms with van der Waals surface area (Å²) in [5.74, 6) is -0.311. The van der Waals surface area contributed by atoms with Gasteiger partial charge in [-0.05, 0) is 10.4 Å². The normalized spacial score (nSPS) is 10.3. The molecule has 2 aromatic rings. The molecule has 0 aliphatic rings. The Bertz CT molecular complexity index is 381. The van der Waals surface area contributed by atoms with Gasteiger partial charge in [-0.1, -0.05) is 5.21 Å². The predicted octanol–water partition coefficient (Wildman–Crippen LogP) is -1.37. The van der Waals surface area contributed by atoms with Crippen LogP contribution in [0, 0.1) is 0 Å². The number of tetrazole rings is 2. The predicted molar refractivity (Wildman–Crippen MR) is 34.4 cm³/mol. The molecule has 0 aliphatic carbocycles. The number of aromatic amines is 1. The Morgan fingerprint density at radius 1 is 1.31 bits per heavy atom. The topological polar surface area (TPSA) is 98.1 Å². The van der Waals surface area contributed by atoms with E-state index in [0.29, 0.717) is 4.59 Å². The monoisotopic (exact) mass is 186 g/mol. The first-order valence-electron chi connectivity index (χ1n) is 3.09. The summed E-state index contributed by atoms with van der Waals surface area (Å²) in [6, 6.07) is 0. The Morgan fingerprint density at radius 2 is 2.15 bits per heavy atom. The second-order valence-electron chi connectivity index (χ2n) is 1.96. The van der Waals surface area contributed by atoms with Gasteiger partial charge in [-0.3, -0.25) is 8.63 Å². The molecule has 0 aliphatic heterocycles. The Balaban J connectivity index is 2.46. The van der Waals surface area contributed by atoms with E-state index in [-0.39, 0.29) is 11.6 Å². The largest absolute Gasteiger partial charge is 0.698 e. The van der Waals surface area contributed by atoms with Crippen molar-refractivity contribution in [3.05, 3.63) is 0 Å². The SMILES string of the molecule is FB(F)n1nnnc1-c1nn[nH]n1. The average molecular weight is 186 g/mol. The molecule has 2 heterocycles. The lowest BCUT2D eigenvalue weighted by Gasteiger charge is -1.92. The molecular weight excluding hydrogens is 185 g/mol. The van der Waals surface area contributed by atoms with E-state index in [9.17, 15) is 8.63 Å². The van der Waals surface area contributed by atoms with Crippen LogP contribution in [0.2, 0.25) is 0 Å². The van der Waals surface area contributed by atoms with E-state index in [2.05, 4.69) is 36.1 Å². The van der Waals surface area contributed by atoms with E-state index >= 15 is 0 Å². The summed E-state index contributed by atoms with van der Waals surface area (Å²) in [6.45, 7) is 0. The van der Waals surface area contributed by atoms with E-state index in [1.54, 1.807) is 0 Å². The summed E-state index contributed by atoms with van der Waals surface area (Å²) in [7, 11) is -2.83. The zero-order chi connectivity index (χ0) is 9.26. The number of nitrogens with one attached hydrogen (secondary N) is 1. The summed E-state index contributed by atoms with van der Waals surface area (Å²) in [6.07, 6.45) is 0. The second-order valence-corrected chi connectivity index (χ2v) is 1.96. The minimum absolute atomic E-state index is 0.0784. The van der Waals surface area contributed by atoms with Crippen molar-refractivity contribution in [1.29, 1.82) is 0 Å². The van der Waals surface area contributed by atoms with E-state index in [1.807, 2.05) is 0 Å². The van der Waals surface area contributed by atoms with E-state index in [1.165, 1.54) is 0 Å². The van der Waals surface area contributed by atoms with Gasteiger partial charge in [-0.2, -0.15) is 5.21 Å². The van der Waals surface area contributed by atoms with Crippen molar-refractivity contribution in [2.75, 3.05) is 0 Å². The van der Waals surface area contributed by atoms with Crippen molar-refractivity contribution >= 4 is 7.40 Å². The first-order chi connectivity index (χ1) is 6.29. The molecule has 0 radical (unpaired) electrons. The van der Waals surface area contributed by atoms with Crippen LogP contribution in [0.4, 0.5) is 8.63 Å². The molecule has 8 nitrogen and oxygen atoms in total. The van der Waals surface area contributed by atoms with Crippen molar-refractivity contribution in [2.45, 2.75) is 0 Å². The van der Waals surface area contributed by atoms with Crippen LogP contribution in [0.25, 0.3) is 11.6 Å². The van der Waals surface area contributed by atoms with Crippen LogP contribution in [0.3, 0.4) is 0 Å². The molecule has 1 N–H and O–H groups in total. The van der Waals surface area contributed by atoms with Crippen LogP contribution >= 0.6 is 0 Å². The third-order valence-corrected chi connectivity index (χ3v) is 1.22. The van der Waals surface area contributed by atoms with Gasteiger partial charge in [0.05, 0.1) is 0 Å². The number of aromatic nitrogens is 8. The van der Waals surface area contributed by atoms with Crippen LogP contribution in [0.1, 0.15) is 0 Å². The van der Waals surface area contributed by atoms with Crippen LogP contribution < -0.4 is 0 Å². The number of rotatable bonds is 2. The van der Waals surface area contributed by atoms with Crippen LogP contribution in [0.5, 0.6) is 0 Å². The van der Waals surface area contributed by atoms with Crippen LogP contribution in [-0.4, -0.2) is 48.1 Å². The molecule has 2 aromatic heterocycles. The average Bonchev–Trinajstić information content (AvgIpc) is 2.74. The van der Waals surface area contributed by atoms with Crippen LogP contribution in [0.15, 0.2) is 0 Å². The second kappa shape index (κ2) is 2.84. The smallest absolute Gasteiger partial charge is 0.263 e. The highest BCUT2D eigenvalue weighted by molar-refractivity contribution is 6.40. The molecule has 0 spiro atoms. The quantitative estimate of drug-likeness (QED) is 0.580. The van der Waals surface area contributed by atoms with Crippen molar-refractivity contribution in [3.63, 3.8) is 0 Å². The highest BCUT2D eigenvalue weighted by atomic mass is 19.2. The first kappa shape index (κ1) is 7.70. The lowest BCUT2D eigenvalue weighted by atomic mass is 10.2. The van der Waals surface area contributed by atoms with Gasteiger partial charge in [-0.15, -0.1) is 15.3 Å². The summed E-state index contributed by atoms with van der Waals surface area (Å²) >= 11 is 0. The molecule has 0 fully saturated rings. The van der Waals surface area contributed by atoms with E-state index in [0.717, 1.165) is 0 Å². The minimum Gasteiger partial charge on any atom is -0.263 e. The molecule has 2 rings (SSSR count). The third-order valence-electron chi connectivity index (χ3n) is 1.22. The van der Waals surface area contributed by atoms with Gasteiger partial charge in [-0.25, -0.2) is 4.59 Å². The molecule has 0 atom stereocenters. The Labute approximate surface area is 69.5 Å². The van der Waals surface area contributed by atoms with Gasteiger partial charge in [0.2, 0.25) is 11.6 Å². The molecule has 0 unspecified atom stereocenters. The van der Waals surface area contributed by atoms with E-state index < -0.39 is 7.40 Å². The molecule has 0 bridgehead atoms. The maximum absolute atomic E-state index is 12.2. The summed E-state index contributed by atoms with van der Waals surface area (Å²) < 4.78 is 24.7. The van der Waals surface area contributed by atoms with Gasteiger partial charge in [0.25, 0.3) is 0 Å². The van der Waals surface area contributed by atoms with Gasteiger partial charge in [0.1, 0.15) is 0 Å².